The van der Waals surface area contributed by atoms with Crippen LogP contribution < -0.4 is 38.8 Å². The Labute approximate surface area is 268 Å². The SMILES string of the molecule is CP(=O)(O)OC1CCC(C(=O)NC(CCC(=O)NC(CCC(N)=O)C(=O)NCCOCCON)C(=O)NCCOCCON)CC1. The maximum Gasteiger partial charge on any atom is 0.325 e. The summed E-state index contributed by atoms with van der Waals surface area (Å²) in [4.78, 5) is 81.3. The van der Waals surface area contributed by atoms with E-state index in [1.807, 2.05) is 0 Å². The van der Waals surface area contributed by atoms with E-state index in [0.29, 0.717) is 25.7 Å². The number of ether oxygens (including phenoxy) is 2. The summed E-state index contributed by atoms with van der Waals surface area (Å²) in [7, 11) is -3.67. The summed E-state index contributed by atoms with van der Waals surface area (Å²) in [5.74, 6) is 6.63. The molecule has 1 saturated carbocycles. The molecule has 1 aliphatic rings. The third-order valence-electron chi connectivity index (χ3n) is 6.80. The quantitative estimate of drug-likeness (QED) is 0.0279. The Morgan fingerprint density at radius 3 is 1.76 bits per heavy atom. The van der Waals surface area contributed by atoms with Gasteiger partial charge in [-0.25, -0.2) is 11.8 Å². The zero-order valence-electron chi connectivity index (χ0n) is 26.2. The molecular formula is C26H50N7O12P. The molecule has 0 aliphatic heterocycles. The maximum atomic E-state index is 13.1. The standard InChI is InChI=1S/C26H50N7O12P/c1-46(39,40)45-19-4-2-18(3-5-19)24(36)33-21(26(38)31-11-13-42-15-17-44-29)7-9-23(35)32-20(6-8-22(27)34)25(37)30-10-12-41-14-16-43-28/h18-21H,2-17,28-29H2,1H3,(H2,27,34)(H,30,37)(H,31,38)(H,32,35)(H,33,36)(H,39,40). The fourth-order valence-corrected chi connectivity index (χ4v) is 5.28. The highest BCUT2D eigenvalue weighted by molar-refractivity contribution is 7.51. The van der Waals surface area contributed by atoms with E-state index in [-0.39, 0.29) is 78.4 Å². The minimum absolute atomic E-state index is 0.0548. The average molecular weight is 684 g/mol. The zero-order chi connectivity index (χ0) is 34.4. The summed E-state index contributed by atoms with van der Waals surface area (Å²) in [6.45, 7) is 2.41. The van der Waals surface area contributed by atoms with Gasteiger partial charge in [0.1, 0.15) is 12.1 Å². The Bertz CT molecular complexity index is 994. The van der Waals surface area contributed by atoms with Crippen LogP contribution in [0.15, 0.2) is 0 Å². The molecule has 19 nitrogen and oxygen atoms in total. The second kappa shape index (κ2) is 23.6. The number of nitrogens with one attached hydrogen (secondary N) is 4. The van der Waals surface area contributed by atoms with Crippen molar-refractivity contribution in [1.82, 2.24) is 21.3 Å². The van der Waals surface area contributed by atoms with Crippen molar-refractivity contribution in [3.05, 3.63) is 0 Å². The molecule has 0 aromatic heterocycles. The molecule has 0 heterocycles. The minimum atomic E-state index is -3.67. The summed E-state index contributed by atoms with van der Waals surface area (Å²) < 4.78 is 27.2. The van der Waals surface area contributed by atoms with Crippen LogP contribution in [0.25, 0.3) is 0 Å². The van der Waals surface area contributed by atoms with Crippen LogP contribution in [0.3, 0.4) is 0 Å². The van der Waals surface area contributed by atoms with Crippen LogP contribution in [-0.2, 0) is 52.2 Å². The molecule has 11 N–H and O–H groups in total. The first-order valence-electron chi connectivity index (χ1n) is 15.1. The molecule has 0 radical (unpaired) electrons. The van der Waals surface area contributed by atoms with E-state index in [0.717, 1.165) is 6.66 Å². The van der Waals surface area contributed by atoms with E-state index in [9.17, 15) is 33.4 Å². The van der Waals surface area contributed by atoms with Gasteiger partial charge in [0.15, 0.2) is 0 Å². The number of primary amides is 1. The predicted molar refractivity (Wildman–Crippen MR) is 162 cm³/mol. The normalized spacial score (nSPS) is 18.9. The van der Waals surface area contributed by atoms with Crippen molar-refractivity contribution in [1.29, 1.82) is 0 Å². The summed E-state index contributed by atoms with van der Waals surface area (Å²) in [6, 6.07) is -2.18. The third-order valence-corrected chi connectivity index (χ3v) is 7.49. The Morgan fingerprint density at radius 2 is 1.28 bits per heavy atom. The molecule has 1 fully saturated rings. The number of carbonyl (C=O) groups excluding carboxylic acids is 5. The number of hydrogen-bond donors (Lipinski definition) is 8. The van der Waals surface area contributed by atoms with E-state index < -0.39 is 61.2 Å². The van der Waals surface area contributed by atoms with E-state index in [4.69, 9.17) is 31.5 Å². The van der Waals surface area contributed by atoms with Crippen molar-refractivity contribution in [3.8, 4) is 0 Å². The summed E-state index contributed by atoms with van der Waals surface area (Å²) in [5.41, 5.74) is 5.23. The molecule has 3 unspecified atom stereocenters. The molecule has 0 spiro atoms. The van der Waals surface area contributed by atoms with E-state index in [1.54, 1.807) is 0 Å². The number of nitrogens with two attached hydrogens (primary N) is 3. The van der Waals surface area contributed by atoms with Gasteiger partial charge in [0.2, 0.25) is 29.5 Å². The van der Waals surface area contributed by atoms with Crippen LogP contribution in [-0.4, -0.2) is 112 Å². The zero-order valence-corrected chi connectivity index (χ0v) is 27.1. The van der Waals surface area contributed by atoms with Crippen molar-refractivity contribution in [3.63, 3.8) is 0 Å². The lowest BCUT2D eigenvalue weighted by atomic mass is 9.86. The highest BCUT2D eigenvalue weighted by Gasteiger charge is 2.32. The first-order chi connectivity index (χ1) is 21.9. The van der Waals surface area contributed by atoms with E-state index >= 15 is 0 Å². The molecule has 0 bridgehead atoms. The van der Waals surface area contributed by atoms with Crippen LogP contribution in [0.1, 0.15) is 51.4 Å². The Kier molecular flexibility index (Phi) is 21.1. The van der Waals surface area contributed by atoms with Gasteiger partial charge in [0.25, 0.3) is 0 Å². The van der Waals surface area contributed by atoms with Crippen molar-refractivity contribution in [2.45, 2.75) is 69.6 Å². The highest BCUT2D eigenvalue weighted by Crippen LogP contribution is 2.42. The fraction of sp³-hybridized carbons (Fsp3) is 0.808. The lowest BCUT2D eigenvalue weighted by Crippen LogP contribution is -2.51. The second-order valence-electron chi connectivity index (χ2n) is 10.7. The average Bonchev–Trinajstić information content (AvgIpc) is 2.99. The van der Waals surface area contributed by atoms with Gasteiger partial charge in [0.05, 0.1) is 45.7 Å². The summed E-state index contributed by atoms with van der Waals surface area (Å²) in [5, 5.41) is 10.5. The lowest BCUT2D eigenvalue weighted by molar-refractivity contribution is -0.133. The molecule has 46 heavy (non-hydrogen) atoms. The molecule has 0 saturated heterocycles. The van der Waals surface area contributed by atoms with Crippen molar-refractivity contribution >= 4 is 37.1 Å². The number of rotatable bonds is 25. The van der Waals surface area contributed by atoms with Crippen LogP contribution in [0.2, 0.25) is 0 Å². The summed E-state index contributed by atoms with van der Waals surface area (Å²) in [6.07, 6.45) is 0.532. The molecular weight excluding hydrogens is 633 g/mol. The smallest absolute Gasteiger partial charge is 0.325 e. The molecule has 1 rings (SSSR count). The van der Waals surface area contributed by atoms with Gasteiger partial charge >= 0.3 is 7.60 Å². The number of hydrogen-bond acceptors (Lipinski definition) is 13. The highest BCUT2D eigenvalue weighted by atomic mass is 31.2. The Hall–Kier alpha value is -2.74. The largest absolute Gasteiger partial charge is 0.377 e. The molecule has 0 aromatic carbocycles. The van der Waals surface area contributed by atoms with Crippen molar-refractivity contribution in [2.75, 3.05) is 59.4 Å². The van der Waals surface area contributed by atoms with Crippen LogP contribution in [0, 0.1) is 5.92 Å². The molecule has 0 aromatic rings. The van der Waals surface area contributed by atoms with Gasteiger partial charge in [-0.05, 0) is 38.5 Å². The van der Waals surface area contributed by atoms with Crippen LogP contribution in [0.5, 0.6) is 0 Å². The Balaban J connectivity index is 2.78. The number of carbonyl (C=O) groups is 5. The van der Waals surface area contributed by atoms with Crippen molar-refractivity contribution in [2.24, 2.45) is 23.4 Å². The van der Waals surface area contributed by atoms with E-state index in [2.05, 4.69) is 30.9 Å². The van der Waals surface area contributed by atoms with E-state index in [1.165, 1.54) is 0 Å². The molecule has 266 valence electrons. The first kappa shape index (κ1) is 41.3. The summed E-state index contributed by atoms with van der Waals surface area (Å²) >= 11 is 0. The Morgan fingerprint density at radius 1 is 0.783 bits per heavy atom. The van der Waals surface area contributed by atoms with Gasteiger partial charge in [0, 0.05) is 38.5 Å². The maximum absolute atomic E-state index is 13.1. The molecule has 5 amide bonds. The fourth-order valence-electron chi connectivity index (χ4n) is 4.52. The minimum Gasteiger partial charge on any atom is -0.377 e. The number of amides is 5. The van der Waals surface area contributed by atoms with Gasteiger partial charge < -0.3 is 55.6 Å². The molecule has 3 atom stereocenters. The monoisotopic (exact) mass is 683 g/mol. The topological polar surface area (TPSA) is 295 Å². The van der Waals surface area contributed by atoms with Gasteiger partial charge in [-0.3, -0.25) is 28.5 Å². The van der Waals surface area contributed by atoms with Gasteiger partial charge in [-0.1, -0.05) is 0 Å². The first-order valence-corrected chi connectivity index (χ1v) is 17.1. The van der Waals surface area contributed by atoms with Crippen LogP contribution >= 0.6 is 7.60 Å². The van der Waals surface area contributed by atoms with Crippen molar-refractivity contribution < 1.29 is 57.1 Å². The molecule has 1 aliphatic carbocycles. The second-order valence-corrected chi connectivity index (χ2v) is 12.5. The third kappa shape index (κ3) is 19.7. The van der Waals surface area contributed by atoms with Gasteiger partial charge in [-0.2, -0.15) is 0 Å². The van der Waals surface area contributed by atoms with Crippen LogP contribution in [0.4, 0.5) is 0 Å². The molecule has 20 heteroatoms. The lowest BCUT2D eigenvalue weighted by Gasteiger charge is -2.29. The predicted octanol–water partition coefficient (Wildman–Crippen LogP) is -2.56. The van der Waals surface area contributed by atoms with Gasteiger partial charge in [-0.15, -0.1) is 0 Å².